The minimum absolute atomic E-state index is 0.197. The van der Waals surface area contributed by atoms with Gasteiger partial charge in [0, 0.05) is 36.2 Å². The first kappa shape index (κ1) is 24.7. The third-order valence-electron chi connectivity index (χ3n) is 8.02. The number of β-amino-alcohol motifs (C(OH)–C–C–N with tert-alkyl or cyclic N) is 1. The first-order valence-corrected chi connectivity index (χ1v) is 14.4. The topological polar surface area (TPSA) is 51.6 Å². The van der Waals surface area contributed by atoms with E-state index in [1.165, 1.54) is 18.9 Å². The highest BCUT2D eigenvalue weighted by Crippen LogP contribution is 2.42. The summed E-state index contributed by atoms with van der Waals surface area (Å²) in [6.07, 6.45) is 4.37. The van der Waals surface area contributed by atoms with E-state index in [0.29, 0.717) is 27.6 Å². The van der Waals surface area contributed by atoms with Crippen molar-refractivity contribution in [1.82, 2.24) is 9.88 Å². The number of hydrogen-bond donors (Lipinski definition) is 2. The molecule has 2 aliphatic heterocycles. The van der Waals surface area contributed by atoms with Crippen molar-refractivity contribution in [3.63, 3.8) is 0 Å². The van der Waals surface area contributed by atoms with Gasteiger partial charge in [-0.1, -0.05) is 40.6 Å². The number of likely N-dealkylation sites (tertiary alicyclic amines) is 1. The molecule has 2 atom stereocenters. The predicted octanol–water partition coefficient (Wildman–Crippen LogP) is 6.59. The molecule has 3 aliphatic rings. The van der Waals surface area contributed by atoms with Crippen LogP contribution in [0.25, 0.3) is 10.2 Å². The Balaban J connectivity index is 1.14. The van der Waals surface area contributed by atoms with Crippen molar-refractivity contribution in [2.45, 2.75) is 44.2 Å². The van der Waals surface area contributed by atoms with E-state index in [4.69, 9.17) is 28.2 Å². The molecule has 0 unspecified atom stereocenters. The van der Waals surface area contributed by atoms with Gasteiger partial charge in [0.2, 0.25) is 0 Å². The van der Waals surface area contributed by atoms with Crippen LogP contribution >= 0.6 is 34.5 Å². The van der Waals surface area contributed by atoms with Crippen LogP contribution in [0.1, 0.15) is 44.2 Å². The number of nitrogens with zero attached hydrogens (tertiary/aromatic N) is 3. The summed E-state index contributed by atoms with van der Waals surface area (Å²) in [5.74, 6) is 1.03. The van der Waals surface area contributed by atoms with Crippen molar-refractivity contribution in [2.75, 3.05) is 42.9 Å². The van der Waals surface area contributed by atoms with Gasteiger partial charge in [-0.2, -0.15) is 0 Å². The van der Waals surface area contributed by atoms with E-state index in [9.17, 15) is 9.50 Å². The Morgan fingerprint density at radius 1 is 1.19 bits per heavy atom. The summed E-state index contributed by atoms with van der Waals surface area (Å²) in [5, 5.41) is 15.7. The lowest BCUT2D eigenvalue weighted by Crippen LogP contribution is -2.54. The van der Waals surface area contributed by atoms with Gasteiger partial charge in [-0.3, -0.25) is 0 Å². The van der Waals surface area contributed by atoms with E-state index in [2.05, 4.69) is 15.1 Å². The number of piperidine rings is 1. The highest BCUT2D eigenvalue weighted by Gasteiger charge is 2.44. The summed E-state index contributed by atoms with van der Waals surface area (Å²) < 4.78 is 15.8. The van der Waals surface area contributed by atoms with Crippen LogP contribution in [0, 0.1) is 17.7 Å². The molecule has 3 heterocycles. The van der Waals surface area contributed by atoms with Crippen molar-refractivity contribution in [3.8, 4) is 0 Å². The number of anilines is 2. The molecule has 1 aromatic heterocycles. The largest absolute Gasteiger partial charge is 0.389 e. The molecule has 0 bridgehead atoms. The summed E-state index contributed by atoms with van der Waals surface area (Å²) in [7, 11) is 0. The number of hydrogen-bond acceptors (Lipinski definition) is 6. The van der Waals surface area contributed by atoms with Crippen LogP contribution in [0.2, 0.25) is 10.0 Å². The zero-order chi connectivity index (χ0) is 25.0. The molecule has 3 fully saturated rings. The van der Waals surface area contributed by atoms with Crippen molar-refractivity contribution in [3.05, 3.63) is 51.8 Å². The summed E-state index contributed by atoms with van der Waals surface area (Å²) in [6.45, 7) is 6.97. The first-order chi connectivity index (χ1) is 17.3. The van der Waals surface area contributed by atoms with E-state index < -0.39 is 5.60 Å². The molecular formula is C27H31Cl2FN4OS. The molecule has 3 aromatic rings. The van der Waals surface area contributed by atoms with Gasteiger partial charge in [-0.15, -0.1) is 0 Å². The fourth-order valence-corrected chi connectivity index (χ4v) is 7.33. The van der Waals surface area contributed by atoms with Crippen LogP contribution in [0.15, 0.2) is 30.3 Å². The van der Waals surface area contributed by atoms with E-state index in [1.807, 2.05) is 13.0 Å². The number of aliphatic hydroxyl groups is 1. The average molecular weight is 550 g/mol. The van der Waals surface area contributed by atoms with Crippen molar-refractivity contribution in [1.29, 1.82) is 0 Å². The van der Waals surface area contributed by atoms with Gasteiger partial charge in [-0.25, -0.2) is 9.37 Å². The second-order valence-corrected chi connectivity index (χ2v) is 12.6. The van der Waals surface area contributed by atoms with Gasteiger partial charge in [0.1, 0.15) is 5.82 Å². The highest BCUT2D eigenvalue weighted by atomic mass is 35.5. The summed E-state index contributed by atoms with van der Waals surface area (Å²) >= 11 is 14.0. The molecule has 9 heteroatoms. The van der Waals surface area contributed by atoms with Crippen LogP contribution in [-0.2, 0) is 0 Å². The number of nitrogens with one attached hydrogen (secondary N) is 1. The lowest BCUT2D eigenvalue weighted by atomic mass is 9.81. The second-order valence-electron chi connectivity index (χ2n) is 10.8. The Kier molecular flexibility index (Phi) is 6.57. The van der Waals surface area contributed by atoms with Crippen molar-refractivity contribution >= 4 is 55.6 Å². The van der Waals surface area contributed by atoms with Gasteiger partial charge in [-0.05, 0) is 80.8 Å². The lowest BCUT2D eigenvalue weighted by Gasteiger charge is -2.46. The molecule has 0 radical (unpaired) electrons. The number of fused-ring (bicyclic) bond motifs is 1. The third-order valence-corrected chi connectivity index (χ3v) is 9.73. The summed E-state index contributed by atoms with van der Waals surface area (Å²) in [5.41, 5.74) is 1.72. The zero-order valence-electron chi connectivity index (χ0n) is 20.3. The van der Waals surface area contributed by atoms with Gasteiger partial charge in [0.25, 0.3) is 0 Å². The Morgan fingerprint density at radius 2 is 2.00 bits per heavy atom. The van der Waals surface area contributed by atoms with E-state index in [0.717, 1.165) is 66.5 Å². The number of aromatic nitrogens is 1. The minimum Gasteiger partial charge on any atom is -0.389 e. The quantitative estimate of drug-likeness (QED) is 0.348. The summed E-state index contributed by atoms with van der Waals surface area (Å²) in [4.78, 5) is 9.64. The Bertz CT molecular complexity index is 1280. The Morgan fingerprint density at radius 3 is 2.75 bits per heavy atom. The van der Waals surface area contributed by atoms with Gasteiger partial charge < -0.3 is 20.2 Å². The van der Waals surface area contributed by atoms with Crippen LogP contribution in [0.5, 0.6) is 0 Å². The Labute approximate surface area is 225 Å². The molecule has 0 amide bonds. The number of benzene rings is 2. The maximum absolute atomic E-state index is 15.0. The van der Waals surface area contributed by atoms with Crippen LogP contribution in [0.4, 0.5) is 15.2 Å². The van der Waals surface area contributed by atoms with E-state index >= 15 is 0 Å². The van der Waals surface area contributed by atoms with E-state index in [-0.39, 0.29) is 11.9 Å². The normalized spacial score (nSPS) is 23.0. The zero-order valence-corrected chi connectivity index (χ0v) is 22.6. The average Bonchev–Trinajstić information content (AvgIpc) is 3.37. The van der Waals surface area contributed by atoms with Crippen LogP contribution < -0.4 is 10.2 Å². The highest BCUT2D eigenvalue weighted by molar-refractivity contribution is 7.22. The molecular weight excluding hydrogens is 518 g/mol. The maximum atomic E-state index is 15.0. The fraction of sp³-hybridized carbons (Fsp3) is 0.519. The molecule has 5 nitrogen and oxygen atoms in total. The van der Waals surface area contributed by atoms with Crippen LogP contribution in [-0.4, -0.2) is 53.3 Å². The Hall–Kier alpha value is -1.64. The number of thiazole rings is 1. The standard InChI is InChI=1S/C27H31Cl2FN4OS/c1-16(20-5-4-19(28)11-21(20)29)31-24-22(30)6-7-23-25(24)36-26(32-23)34-13-18(14-34)17-3-2-10-33(12-17)15-27(35)8-9-27/h4-7,11,16-18,31,35H,2-3,8-10,12-15H2,1H3/t16-,17+/m1/s1. The molecule has 6 rings (SSSR count). The number of rotatable bonds is 7. The smallest absolute Gasteiger partial charge is 0.186 e. The van der Waals surface area contributed by atoms with Gasteiger partial charge in [0.15, 0.2) is 5.13 Å². The molecule has 1 aliphatic carbocycles. The maximum Gasteiger partial charge on any atom is 0.186 e. The molecule has 2 saturated heterocycles. The SMILES string of the molecule is C[C@@H](Nc1c(F)ccc2nc(N3CC([C@H]4CCCN(CC5(O)CC5)C4)C3)sc12)c1ccc(Cl)cc1Cl. The predicted molar refractivity (Wildman–Crippen MR) is 147 cm³/mol. The van der Waals surface area contributed by atoms with E-state index in [1.54, 1.807) is 29.5 Å². The summed E-state index contributed by atoms with van der Waals surface area (Å²) in [6, 6.07) is 8.41. The van der Waals surface area contributed by atoms with Gasteiger partial charge >= 0.3 is 0 Å². The minimum atomic E-state index is -0.411. The monoisotopic (exact) mass is 548 g/mol. The molecule has 192 valence electrons. The van der Waals surface area contributed by atoms with Crippen molar-refractivity contribution in [2.24, 2.45) is 11.8 Å². The molecule has 2 N–H and O–H groups in total. The lowest BCUT2D eigenvalue weighted by molar-refractivity contribution is 0.0523. The molecule has 1 saturated carbocycles. The fourth-order valence-electron chi connectivity index (χ4n) is 5.68. The molecule has 0 spiro atoms. The first-order valence-electron chi connectivity index (χ1n) is 12.8. The number of halogens is 3. The van der Waals surface area contributed by atoms with Crippen LogP contribution in [0.3, 0.4) is 0 Å². The van der Waals surface area contributed by atoms with Gasteiger partial charge in [0.05, 0.1) is 27.5 Å². The molecule has 2 aromatic carbocycles. The second kappa shape index (κ2) is 9.59. The van der Waals surface area contributed by atoms with Crippen molar-refractivity contribution < 1.29 is 9.50 Å². The molecule has 36 heavy (non-hydrogen) atoms. The third kappa shape index (κ3) is 4.93.